The molecule has 31 heavy (non-hydrogen) atoms. The van der Waals surface area contributed by atoms with Crippen LogP contribution in [0.4, 0.5) is 0 Å². The Morgan fingerprint density at radius 1 is 0.968 bits per heavy atom. The van der Waals surface area contributed by atoms with E-state index in [2.05, 4.69) is 10.2 Å². The second kappa shape index (κ2) is 9.81. The van der Waals surface area contributed by atoms with Crippen LogP contribution in [0.2, 0.25) is 0 Å². The van der Waals surface area contributed by atoms with Gasteiger partial charge in [0.1, 0.15) is 0 Å². The lowest BCUT2D eigenvalue weighted by atomic mass is 10.0. The number of benzene rings is 3. The van der Waals surface area contributed by atoms with E-state index in [4.69, 9.17) is 14.2 Å². The Hall–Kier alpha value is -3.09. The molecule has 3 aromatic rings. The van der Waals surface area contributed by atoms with Gasteiger partial charge in [-0.05, 0) is 40.6 Å². The molecule has 0 aromatic heterocycles. The van der Waals surface area contributed by atoms with Gasteiger partial charge >= 0.3 is 0 Å². The molecule has 1 aliphatic heterocycles. The first kappa shape index (κ1) is 21.2. The Bertz CT molecular complexity index is 1050. The summed E-state index contributed by atoms with van der Waals surface area (Å²) in [5.74, 6) is 1.29. The van der Waals surface area contributed by atoms with Gasteiger partial charge in [0.25, 0.3) is 5.91 Å². The quantitative estimate of drug-likeness (QED) is 0.632. The Morgan fingerprint density at radius 2 is 1.71 bits per heavy atom. The number of nitrogens with one attached hydrogen (secondary N) is 1. The van der Waals surface area contributed by atoms with Crippen LogP contribution in [0.3, 0.4) is 0 Å². The molecule has 1 atom stereocenters. The van der Waals surface area contributed by atoms with Crippen LogP contribution in [0.15, 0.2) is 60.7 Å². The highest BCUT2D eigenvalue weighted by Gasteiger charge is 2.24. The zero-order valence-corrected chi connectivity index (χ0v) is 18.0. The highest BCUT2D eigenvalue weighted by Crippen LogP contribution is 2.32. The Labute approximate surface area is 182 Å². The van der Waals surface area contributed by atoms with Gasteiger partial charge in [-0.1, -0.05) is 36.4 Å². The van der Waals surface area contributed by atoms with Gasteiger partial charge in [0, 0.05) is 25.2 Å². The van der Waals surface area contributed by atoms with Crippen molar-refractivity contribution in [3.05, 3.63) is 71.8 Å². The van der Waals surface area contributed by atoms with Crippen molar-refractivity contribution >= 4 is 16.7 Å². The van der Waals surface area contributed by atoms with Gasteiger partial charge < -0.3 is 19.5 Å². The molecule has 1 amide bonds. The molecule has 0 aliphatic carbocycles. The standard InChI is InChI=1S/C25H28N2O4/c1-29-23-10-9-20(16-24(23)30-2)22(27-11-13-31-14-12-27)17-26-25(28)21-8-7-18-5-3-4-6-19(18)15-21/h3-10,15-16,22H,11-14,17H2,1-2H3,(H,26,28)/t22-/m1/s1. The molecule has 0 unspecified atom stereocenters. The molecule has 162 valence electrons. The number of carbonyl (C=O) groups excluding carboxylic acids is 1. The fourth-order valence-electron chi connectivity index (χ4n) is 4.03. The van der Waals surface area contributed by atoms with Crippen molar-refractivity contribution in [3.63, 3.8) is 0 Å². The van der Waals surface area contributed by atoms with Crippen molar-refractivity contribution in [3.8, 4) is 11.5 Å². The van der Waals surface area contributed by atoms with Crippen molar-refractivity contribution in [1.29, 1.82) is 0 Å². The maximum Gasteiger partial charge on any atom is 0.251 e. The summed E-state index contributed by atoms with van der Waals surface area (Å²) in [6.45, 7) is 3.47. The summed E-state index contributed by atoms with van der Waals surface area (Å²) in [6, 6.07) is 19.8. The summed E-state index contributed by atoms with van der Waals surface area (Å²) >= 11 is 0. The van der Waals surface area contributed by atoms with Crippen LogP contribution in [-0.4, -0.2) is 57.9 Å². The van der Waals surface area contributed by atoms with E-state index in [1.165, 1.54) is 0 Å². The van der Waals surface area contributed by atoms with Crippen LogP contribution >= 0.6 is 0 Å². The molecule has 0 bridgehead atoms. The number of hydrogen-bond donors (Lipinski definition) is 1. The molecule has 6 nitrogen and oxygen atoms in total. The zero-order chi connectivity index (χ0) is 21.6. The number of fused-ring (bicyclic) bond motifs is 1. The van der Waals surface area contributed by atoms with Gasteiger partial charge in [-0.3, -0.25) is 9.69 Å². The number of nitrogens with zero attached hydrogens (tertiary/aromatic N) is 1. The summed E-state index contributed by atoms with van der Waals surface area (Å²) in [6.07, 6.45) is 0. The molecule has 4 rings (SSSR count). The SMILES string of the molecule is COc1ccc([C@@H](CNC(=O)c2ccc3ccccc3c2)N2CCOCC2)cc1OC. The fraction of sp³-hybridized carbons (Fsp3) is 0.320. The normalized spacial score (nSPS) is 15.4. The molecule has 0 spiro atoms. The first-order valence-electron chi connectivity index (χ1n) is 10.5. The van der Waals surface area contributed by atoms with Crippen molar-refractivity contribution in [1.82, 2.24) is 10.2 Å². The monoisotopic (exact) mass is 420 g/mol. The Balaban J connectivity index is 1.55. The Kier molecular flexibility index (Phi) is 6.70. The zero-order valence-electron chi connectivity index (χ0n) is 18.0. The van der Waals surface area contributed by atoms with E-state index in [9.17, 15) is 4.79 Å². The molecule has 1 N–H and O–H groups in total. The molecule has 6 heteroatoms. The van der Waals surface area contributed by atoms with Gasteiger partial charge in [-0.25, -0.2) is 0 Å². The predicted molar refractivity (Wildman–Crippen MR) is 121 cm³/mol. The van der Waals surface area contributed by atoms with E-state index < -0.39 is 0 Å². The lowest BCUT2D eigenvalue weighted by Gasteiger charge is -2.35. The maximum atomic E-state index is 12.9. The van der Waals surface area contributed by atoms with Gasteiger partial charge in [0.05, 0.1) is 33.5 Å². The van der Waals surface area contributed by atoms with Crippen molar-refractivity contribution < 1.29 is 19.0 Å². The number of morpholine rings is 1. The minimum atomic E-state index is -0.0792. The summed E-state index contributed by atoms with van der Waals surface area (Å²) in [7, 11) is 3.26. The molecule has 1 fully saturated rings. The van der Waals surface area contributed by atoms with E-state index in [1.54, 1.807) is 14.2 Å². The van der Waals surface area contributed by atoms with Crippen LogP contribution in [0.25, 0.3) is 10.8 Å². The van der Waals surface area contributed by atoms with Gasteiger partial charge in [0.2, 0.25) is 0 Å². The molecular weight excluding hydrogens is 392 g/mol. The molecule has 0 saturated carbocycles. The highest BCUT2D eigenvalue weighted by molar-refractivity contribution is 5.98. The summed E-state index contributed by atoms with van der Waals surface area (Å²) in [4.78, 5) is 15.3. The molecule has 3 aromatic carbocycles. The lowest BCUT2D eigenvalue weighted by molar-refractivity contribution is 0.0162. The van der Waals surface area contributed by atoms with E-state index in [1.807, 2.05) is 60.7 Å². The fourth-order valence-corrected chi connectivity index (χ4v) is 4.03. The van der Waals surface area contributed by atoms with Crippen molar-refractivity contribution in [2.24, 2.45) is 0 Å². The van der Waals surface area contributed by atoms with Gasteiger partial charge in [0.15, 0.2) is 11.5 Å². The maximum absolute atomic E-state index is 12.9. The topological polar surface area (TPSA) is 60.0 Å². The van der Waals surface area contributed by atoms with Crippen LogP contribution in [-0.2, 0) is 4.74 Å². The van der Waals surface area contributed by atoms with Crippen LogP contribution in [0.5, 0.6) is 11.5 Å². The third kappa shape index (κ3) is 4.81. The highest BCUT2D eigenvalue weighted by atomic mass is 16.5. The van der Waals surface area contributed by atoms with Crippen LogP contribution < -0.4 is 14.8 Å². The van der Waals surface area contributed by atoms with Gasteiger partial charge in [-0.2, -0.15) is 0 Å². The first-order valence-corrected chi connectivity index (χ1v) is 10.5. The molecule has 1 saturated heterocycles. The minimum Gasteiger partial charge on any atom is -0.493 e. The van der Waals surface area contributed by atoms with E-state index in [0.717, 1.165) is 29.4 Å². The number of ether oxygens (including phenoxy) is 3. The van der Waals surface area contributed by atoms with Crippen molar-refractivity contribution in [2.45, 2.75) is 6.04 Å². The second-order valence-electron chi connectivity index (χ2n) is 7.55. The van der Waals surface area contributed by atoms with E-state index in [0.29, 0.717) is 36.8 Å². The number of amides is 1. The van der Waals surface area contributed by atoms with E-state index in [-0.39, 0.29) is 11.9 Å². The lowest BCUT2D eigenvalue weighted by Crippen LogP contribution is -2.43. The van der Waals surface area contributed by atoms with E-state index >= 15 is 0 Å². The predicted octanol–water partition coefficient (Wildman–Crippen LogP) is 3.66. The molecule has 0 radical (unpaired) electrons. The average Bonchev–Trinajstić information content (AvgIpc) is 2.84. The number of hydrogen-bond acceptors (Lipinski definition) is 5. The first-order chi connectivity index (χ1) is 15.2. The van der Waals surface area contributed by atoms with Crippen molar-refractivity contribution in [2.75, 3.05) is 47.1 Å². The number of carbonyl (C=O) groups is 1. The minimum absolute atomic E-state index is 0.00751. The Morgan fingerprint density at radius 3 is 2.45 bits per heavy atom. The smallest absolute Gasteiger partial charge is 0.251 e. The molecular formula is C25H28N2O4. The second-order valence-corrected chi connectivity index (χ2v) is 7.55. The number of methoxy groups -OCH3 is 2. The van der Waals surface area contributed by atoms with Crippen LogP contribution in [0.1, 0.15) is 22.0 Å². The largest absolute Gasteiger partial charge is 0.493 e. The average molecular weight is 421 g/mol. The number of rotatable bonds is 7. The summed E-state index contributed by atoms with van der Waals surface area (Å²) in [5.41, 5.74) is 1.73. The molecule has 1 aliphatic rings. The summed E-state index contributed by atoms with van der Waals surface area (Å²) in [5, 5.41) is 5.31. The van der Waals surface area contributed by atoms with Gasteiger partial charge in [-0.15, -0.1) is 0 Å². The third-order valence-corrected chi connectivity index (χ3v) is 5.75. The van der Waals surface area contributed by atoms with Crippen LogP contribution in [0, 0.1) is 0 Å². The molecule has 1 heterocycles. The summed E-state index contributed by atoms with van der Waals surface area (Å²) < 4.78 is 16.4. The third-order valence-electron chi connectivity index (χ3n) is 5.75.